The van der Waals surface area contributed by atoms with E-state index in [4.69, 9.17) is 5.84 Å². The van der Waals surface area contributed by atoms with E-state index < -0.39 is 0 Å². The Morgan fingerprint density at radius 3 is 3.18 bits per heavy atom. The lowest BCUT2D eigenvalue weighted by Crippen LogP contribution is -2.24. The Bertz CT molecular complexity index is 353. The SMILES string of the molecule is CC1CCCN(Cc2cc(NN)ccn2)CC1. The molecule has 4 heteroatoms. The minimum absolute atomic E-state index is 0.866. The van der Waals surface area contributed by atoms with Crippen LogP contribution in [0.4, 0.5) is 5.69 Å². The summed E-state index contributed by atoms with van der Waals surface area (Å²) in [6.07, 6.45) is 5.77. The summed E-state index contributed by atoms with van der Waals surface area (Å²) in [6, 6.07) is 3.91. The van der Waals surface area contributed by atoms with Crippen LogP contribution in [-0.2, 0) is 6.54 Å². The molecular formula is C13H22N4. The molecule has 94 valence electrons. The van der Waals surface area contributed by atoms with Gasteiger partial charge in [0.15, 0.2) is 0 Å². The lowest BCUT2D eigenvalue weighted by molar-refractivity contribution is 0.270. The average molecular weight is 234 g/mol. The maximum atomic E-state index is 5.40. The maximum Gasteiger partial charge on any atom is 0.0564 e. The van der Waals surface area contributed by atoms with E-state index in [1.54, 1.807) is 0 Å². The maximum absolute atomic E-state index is 5.40. The smallest absolute Gasteiger partial charge is 0.0564 e. The minimum Gasteiger partial charge on any atom is -0.324 e. The van der Waals surface area contributed by atoms with Crippen LogP contribution in [0.25, 0.3) is 0 Å². The van der Waals surface area contributed by atoms with Gasteiger partial charge in [0.2, 0.25) is 0 Å². The highest BCUT2D eigenvalue weighted by Crippen LogP contribution is 2.18. The molecule has 1 aromatic heterocycles. The van der Waals surface area contributed by atoms with Crippen molar-refractivity contribution in [1.82, 2.24) is 9.88 Å². The van der Waals surface area contributed by atoms with Gasteiger partial charge in [0.05, 0.1) is 11.4 Å². The van der Waals surface area contributed by atoms with E-state index >= 15 is 0 Å². The predicted molar refractivity (Wildman–Crippen MR) is 70.3 cm³/mol. The van der Waals surface area contributed by atoms with E-state index in [0.29, 0.717) is 0 Å². The van der Waals surface area contributed by atoms with Gasteiger partial charge in [0.25, 0.3) is 0 Å². The standard InChI is InChI=1S/C13H22N4/c1-11-3-2-7-17(8-5-11)10-13-9-12(16-14)4-6-15-13/h4,6,9,11H,2-3,5,7-8,10,14H2,1H3,(H,15,16). The van der Waals surface area contributed by atoms with Gasteiger partial charge in [-0.3, -0.25) is 15.7 Å². The number of nitrogen functional groups attached to an aromatic ring is 1. The monoisotopic (exact) mass is 234 g/mol. The van der Waals surface area contributed by atoms with Crippen molar-refractivity contribution >= 4 is 5.69 Å². The van der Waals surface area contributed by atoms with Crippen LogP contribution in [0.5, 0.6) is 0 Å². The van der Waals surface area contributed by atoms with Gasteiger partial charge in [-0.1, -0.05) is 6.92 Å². The number of anilines is 1. The summed E-state index contributed by atoms with van der Waals surface area (Å²) in [4.78, 5) is 6.89. The van der Waals surface area contributed by atoms with Crippen molar-refractivity contribution in [2.75, 3.05) is 18.5 Å². The van der Waals surface area contributed by atoms with Crippen LogP contribution < -0.4 is 11.3 Å². The zero-order chi connectivity index (χ0) is 12.1. The lowest BCUT2D eigenvalue weighted by atomic mass is 10.0. The van der Waals surface area contributed by atoms with E-state index in [2.05, 4.69) is 22.2 Å². The van der Waals surface area contributed by atoms with E-state index in [-0.39, 0.29) is 0 Å². The number of aromatic nitrogens is 1. The van der Waals surface area contributed by atoms with Gasteiger partial charge >= 0.3 is 0 Å². The predicted octanol–water partition coefficient (Wildman–Crippen LogP) is 1.99. The van der Waals surface area contributed by atoms with Crippen LogP contribution in [0.3, 0.4) is 0 Å². The highest BCUT2D eigenvalue weighted by atomic mass is 15.2. The van der Waals surface area contributed by atoms with Crippen molar-refractivity contribution in [2.45, 2.75) is 32.7 Å². The zero-order valence-electron chi connectivity index (χ0n) is 10.5. The minimum atomic E-state index is 0.866. The van der Waals surface area contributed by atoms with Gasteiger partial charge in [0.1, 0.15) is 0 Å². The summed E-state index contributed by atoms with van der Waals surface area (Å²) >= 11 is 0. The van der Waals surface area contributed by atoms with Gasteiger partial charge in [0, 0.05) is 12.7 Å². The van der Waals surface area contributed by atoms with E-state index in [0.717, 1.165) is 23.8 Å². The number of likely N-dealkylation sites (tertiary alicyclic amines) is 1. The number of nitrogens with zero attached hydrogens (tertiary/aromatic N) is 2. The topological polar surface area (TPSA) is 54.2 Å². The summed E-state index contributed by atoms with van der Waals surface area (Å²) in [5, 5.41) is 0. The van der Waals surface area contributed by atoms with Crippen LogP contribution >= 0.6 is 0 Å². The summed E-state index contributed by atoms with van der Waals surface area (Å²) in [5.41, 5.74) is 4.69. The molecule has 1 fully saturated rings. The van der Waals surface area contributed by atoms with Gasteiger partial charge in [-0.2, -0.15) is 0 Å². The van der Waals surface area contributed by atoms with Crippen LogP contribution in [0.1, 0.15) is 31.9 Å². The number of nitrogens with two attached hydrogens (primary N) is 1. The van der Waals surface area contributed by atoms with Crippen LogP contribution in [-0.4, -0.2) is 23.0 Å². The molecule has 0 bridgehead atoms. The van der Waals surface area contributed by atoms with E-state index in [9.17, 15) is 0 Å². The third-order valence-electron chi connectivity index (χ3n) is 3.48. The highest BCUT2D eigenvalue weighted by molar-refractivity contribution is 5.41. The molecule has 17 heavy (non-hydrogen) atoms. The molecule has 0 aromatic carbocycles. The van der Waals surface area contributed by atoms with E-state index in [1.807, 2.05) is 18.3 Å². The van der Waals surface area contributed by atoms with Gasteiger partial charge in [-0.15, -0.1) is 0 Å². The van der Waals surface area contributed by atoms with Crippen molar-refractivity contribution in [3.8, 4) is 0 Å². The van der Waals surface area contributed by atoms with Crippen LogP contribution in [0.15, 0.2) is 18.3 Å². The summed E-state index contributed by atoms with van der Waals surface area (Å²) < 4.78 is 0. The average Bonchev–Trinajstić information content (AvgIpc) is 2.55. The number of hydrogen-bond donors (Lipinski definition) is 2. The fourth-order valence-electron chi connectivity index (χ4n) is 2.36. The normalized spacial score (nSPS) is 22.1. The molecule has 3 N–H and O–H groups in total. The molecule has 0 aliphatic carbocycles. The van der Waals surface area contributed by atoms with Crippen molar-refractivity contribution in [1.29, 1.82) is 0 Å². The molecule has 2 rings (SSSR count). The summed E-state index contributed by atoms with van der Waals surface area (Å²) in [6.45, 7) is 5.65. The molecule has 0 saturated carbocycles. The first kappa shape index (κ1) is 12.3. The second-order valence-corrected chi connectivity index (χ2v) is 4.99. The number of pyridine rings is 1. The molecule has 0 amide bonds. The van der Waals surface area contributed by atoms with Crippen LogP contribution in [0, 0.1) is 5.92 Å². The molecule has 1 saturated heterocycles. The van der Waals surface area contributed by atoms with Crippen molar-refractivity contribution in [3.63, 3.8) is 0 Å². The number of rotatable bonds is 3. The quantitative estimate of drug-likeness (QED) is 0.620. The lowest BCUT2D eigenvalue weighted by Gasteiger charge is -2.19. The van der Waals surface area contributed by atoms with Gasteiger partial charge in [-0.05, 0) is 50.4 Å². The Morgan fingerprint density at radius 1 is 1.47 bits per heavy atom. The Hall–Kier alpha value is -1.13. The van der Waals surface area contributed by atoms with Gasteiger partial charge in [-0.25, -0.2) is 0 Å². The first-order valence-electron chi connectivity index (χ1n) is 6.42. The second-order valence-electron chi connectivity index (χ2n) is 4.99. The van der Waals surface area contributed by atoms with Crippen molar-refractivity contribution in [2.24, 2.45) is 11.8 Å². The first-order chi connectivity index (χ1) is 8.28. The van der Waals surface area contributed by atoms with Crippen molar-refractivity contribution < 1.29 is 0 Å². The molecule has 4 nitrogen and oxygen atoms in total. The zero-order valence-corrected chi connectivity index (χ0v) is 10.5. The Kier molecular flexibility index (Phi) is 4.34. The molecule has 2 heterocycles. The largest absolute Gasteiger partial charge is 0.324 e. The Morgan fingerprint density at radius 2 is 2.35 bits per heavy atom. The summed E-state index contributed by atoms with van der Waals surface area (Å²) in [5.74, 6) is 6.27. The van der Waals surface area contributed by atoms with Gasteiger partial charge < -0.3 is 5.43 Å². The number of hydrogen-bond acceptors (Lipinski definition) is 4. The number of hydrazine groups is 1. The fraction of sp³-hybridized carbons (Fsp3) is 0.615. The molecule has 1 unspecified atom stereocenters. The van der Waals surface area contributed by atoms with Crippen LogP contribution in [0.2, 0.25) is 0 Å². The Labute approximate surface area is 103 Å². The first-order valence-corrected chi connectivity index (χ1v) is 6.42. The third kappa shape index (κ3) is 3.68. The molecule has 1 atom stereocenters. The third-order valence-corrected chi connectivity index (χ3v) is 3.48. The Balaban J connectivity index is 1.94. The molecule has 1 aliphatic heterocycles. The molecule has 0 radical (unpaired) electrons. The second kappa shape index (κ2) is 5.98. The number of nitrogens with one attached hydrogen (secondary N) is 1. The van der Waals surface area contributed by atoms with E-state index in [1.165, 1.54) is 32.4 Å². The molecule has 1 aliphatic rings. The molecule has 1 aromatic rings. The molecular weight excluding hydrogens is 212 g/mol. The van der Waals surface area contributed by atoms with Crippen molar-refractivity contribution in [3.05, 3.63) is 24.0 Å². The summed E-state index contributed by atoms with van der Waals surface area (Å²) in [7, 11) is 0. The molecule has 0 spiro atoms. The fourth-order valence-corrected chi connectivity index (χ4v) is 2.36. The highest BCUT2D eigenvalue weighted by Gasteiger charge is 2.14.